The van der Waals surface area contributed by atoms with E-state index in [4.69, 9.17) is 15.2 Å². The third-order valence-corrected chi connectivity index (χ3v) is 9.90. The summed E-state index contributed by atoms with van der Waals surface area (Å²) in [5, 5.41) is 1.95. The van der Waals surface area contributed by atoms with Gasteiger partial charge < -0.3 is 9.30 Å². The SMILES string of the molecule is [2H]C(CC)(CC)c1cccc(-[n+]2[c-]n(-c3[c-]c(Oc4[c-]c5c(cc4)c4ccc(C(C)(C)C)cc4n5-c4cc(C([2H])([2H])C([2H])(C)C)ccn4)ccn3)c3ccccc32)c1.[Pt]. The van der Waals surface area contributed by atoms with Gasteiger partial charge in [-0.25, -0.2) is 4.98 Å². The average Bonchev–Trinajstić information content (AvgIpc) is 3.76. The van der Waals surface area contributed by atoms with Crippen molar-refractivity contribution in [1.82, 2.24) is 19.1 Å². The zero-order chi connectivity index (χ0) is 41.2. The molecule has 0 bridgehead atoms. The van der Waals surface area contributed by atoms with Crippen molar-refractivity contribution in [1.29, 1.82) is 0 Å². The van der Waals surface area contributed by atoms with Crippen molar-refractivity contribution in [3.05, 3.63) is 145 Å². The summed E-state index contributed by atoms with van der Waals surface area (Å²) in [6.45, 7) is 13.8. The molecular weight excluding hydrogens is 858 g/mol. The van der Waals surface area contributed by atoms with Crippen LogP contribution in [0.2, 0.25) is 0 Å². The molecule has 55 heavy (non-hydrogen) atoms. The van der Waals surface area contributed by atoms with Gasteiger partial charge in [0.2, 0.25) is 0 Å². The molecule has 4 aromatic heterocycles. The number of hydrogen-bond acceptors (Lipinski definition) is 3. The van der Waals surface area contributed by atoms with E-state index in [2.05, 4.69) is 82.3 Å². The number of imidazole rings is 1. The number of ether oxygens (including phenoxy) is 1. The summed E-state index contributed by atoms with van der Waals surface area (Å²) in [4.78, 5) is 9.43. The van der Waals surface area contributed by atoms with Gasteiger partial charge in [-0.05, 0) is 94.6 Å². The van der Waals surface area contributed by atoms with E-state index in [9.17, 15) is 0 Å². The van der Waals surface area contributed by atoms with E-state index in [0.717, 1.165) is 49.7 Å². The van der Waals surface area contributed by atoms with Gasteiger partial charge in [0, 0.05) is 44.0 Å². The van der Waals surface area contributed by atoms with Crippen LogP contribution in [-0.2, 0) is 32.9 Å². The summed E-state index contributed by atoms with van der Waals surface area (Å²) in [5.74, 6) is -0.136. The van der Waals surface area contributed by atoms with Crippen molar-refractivity contribution in [2.45, 2.75) is 79.0 Å². The number of rotatable bonds is 10. The van der Waals surface area contributed by atoms with E-state index in [-0.39, 0.29) is 26.5 Å². The Labute approximate surface area is 344 Å². The Morgan fingerprint density at radius 2 is 1.58 bits per heavy atom. The summed E-state index contributed by atoms with van der Waals surface area (Å²) in [6.07, 6.45) is 6.29. The topological polar surface area (TPSA) is 48.8 Å². The van der Waals surface area contributed by atoms with E-state index in [1.54, 1.807) is 44.4 Å². The van der Waals surface area contributed by atoms with Gasteiger partial charge in [0.1, 0.15) is 5.82 Å². The first-order valence-corrected chi connectivity index (χ1v) is 18.6. The molecule has 0 aliphatic carbocycles. The molecule has 0 aliphatic heterocycles. The minimum atomic E-state index is -1.93. The largest absolute Gasteiger partial charge is 0.522 e. The molecule has 0 atom stereocenters. The third-order valence-electron chi connectivity index (χ3n) is 9.90. The van der Waals surface area contributed by atoms with Gasteiger partial charge in [-0.3, -0.25) is 14.1 Å². The van der Waals surface area contributed by atoms with Crippen LogP contribution in [0.25, 0.3) is 50.2 Å². The quantitative estimate of drug-likeness (QED) is 0.101. The molecule has 0 saturated carbocycles. The molecule has 0 fully saturated rings. The summed E-state index contributed by atoms with van der Waals surface area (Å²) in [5.41, 5.74) is 6.73. The Balaban J connectivity index is 0.00000528. The van der Waals surface area contributed by atoms with Crippen LogP contribution < -0.4 is 9.30 Å². The zero-order valence-electron chi connectivity index (χ0n) is 36.3. The molecule has 8 rings (SSSR count). The minimum Gasteiger partial charge on any atom is -0.522 e. The molecule has 4 heterocycles. The molecule has 0 aliphatic rings. The molecule has 0 amide bonds. The average molecular weight is 909 g/mol. The first-order chi connectivity index (χ1) is 27.5. The monoisotopic (exact) mass is 908 g/mol. The Morgan fingerprint density at radius 3 is 2.36 bits per heavy atom. The van der Waals surface area contributed by atoms with Crippen LogP contribution in [-0.4, -0.2) is 19.1 Å². The third kappa shape index (κ3) is 7.50. The molecule has 0 unspecified atom stereocenters. The molecule has 0 spiro atoms. The Bertz CT molecular complexity index is 2830. The number of fused-ring (bicyclic) bond motifs is 4. The van der Waals surface area contributed by atoms with Crippen molar-refractivity contribution < 1.29 is 35.9 Å². The van der Waals surface area contributed by atoms with Gasteiger partial charge in [0.25, 0.3) is 6.33 Å². The van der Waals surface area contributed by atoms with Crippen LogP contribution in [0.1, 0.15) is 89.4 Å². The van der Waals surface area contributed by atoms with Crippen LogP contribution in [0, 0.1) is 24.4 Å². The van der Waals surface area contributed by atoms with Gasteiger partial charge >= 0.3 is 0 Å². The summed E-state index contributed by atoms with van der Waals surface area (Å²) >= 11 is 0. The zero-order valence-corrected chi connectivity index (χ0v) is 34.5. The Kier molecular flexibility index (Phi) is 9.44. The van der Waals surface area contributed by atoms with Gasteiger partial charge in [0.05, 0.1) is 22.5 Å². The van der Waals surface area contributed by atoms with Crippen molar-refractivity contribution in [2.24, 2.45) is 5.89 Å². The first kappa shape index (κ1) is 33.3. The van der Waals surface area contributed by atoms with Crippen molar-refractivity contribution in [3.8, 4) is 28.8 Å². The smallest absolute Gasteiger partial charge is 0.269 e. The molecule has 0 N–H and O–H groups in total. The molecule has 4 aromatic carbocycles. The number of benzene rings is 4. The second-order valence-electron chi connectivity index (χ2n) is 14.9. The van der Waals surface area contributed by atoms with Gasteiger partial charge in [0.15, 0.2) is 0 Å². The van der Waals surface area contributed by atoms with Crippen molar-refractivity contribution >= 4 is 32.8 Å². The first-order valence-electron chi connectivity index (χ1n) is 20.6. The van der Waals surface area contributed by atoms with Crippen molar-refractivity contribution in [3.63, 3.8) is 0 Å². The van der Waals surface area contributed by atoms with Gasteiger partial charge in [-0.1, -0.05) is 109 Å². The molecule has 7 heteroatoms. The second kappa shape index (κ2) is 15.6. The molecule has 0 saturated heterocycles. The molecule has 282 valence electrons. The molecule has 8 aromatic rings. The Hall–Kier alpha value is -5.06. The summed E-state index contributed by atoms with van der Waals surface area (Å²) in [7, 11) is 0. The minimum absolute atomic E-state index is 0. The number of nitrogens with zero attached hydrogens (tertiary/aromatic N) is 5. The van der Waals surface area contributed by atoms with Crippen LogP contribution >= 0.6 is 0 Å². The number of para-hydroxylation sites is 2. The maximum atomic E-state index is 9.07. The normalized spacial score (nSPS) is 13.7. The van der Waals surface area contributed by atoms with E-state index in [1.807, 2.05) is 68.3 Å². The Morgan fingerprint density at radius 1 is 0.818 bits per heavy atom. The van der Waals surface area contributed by atoms with Crippen LogP contribution in [0.4, 0.5) is 0 Å². The predicted octanol–water partition coefficient (Wildman–Crippen LogP) is 11.4. The van der Waals surface area contributed by atoms with Crippen LogP contribution in [0.15, 0.2) is 109 Å². The predicted molar refractivity (Wildman–Crippen MR) is 218 cm³/mol. The van der Waals surface area contributed by atoms with E-state index < -0.39 is 18.2 Å². The molecule has 6 nitrogen and oxygen atoms in total. The standard InChI is InChI=1S/C48H47N5O.Pt/c1-8-34(9-2)35-13-12-14-37(27-35)51-31-52(43-16-11-10-15-42(43)51)46-30-39(22-24-49-46)54-38-18-20-41-40-19-17-36(48(5,6)7)28-44(40)53(45(41)29-38)47-26-33(21-23-50-47)25-32(3)4;/h10-24,26-28,32,34H,8-9,25H2,1-7H3;/q-2;/i25D2,32D,34D;. The number of hydrogen-bond donors (Lipinski definition) is 0. The summed E-state index contributed by atoms with van der Waals surface area (Å²) < 4.78 is 47.7. The number of aromatic nitrogens is 5. The van der Waals surface area contributed by atoms with Crippen LogP contribution in [0.3, 0.4) is 0 Å². The van der Waals surface area contributed by atoms with E-state index >= 15 is 0 Å². The van der Waals surface area contributed by atoms with Gasteiger partial charge in [-0.15, -0.1) is 17.5 Å². The van der Waals surface area contributed by atoms with Gasteiger partial charge in [-0.2, -0.15) is 18.2 Å². The molecule has 0 radical (unpaired) electrons. The van der Waals surface area contributed by atoms with E-state index in [1.165, 1.54) is 0 Å². The number of pyridine rings is 2. The maximum absolute atomic E-state index is 9.07. The van der Waals surface area contributed by atoms with Crippen LogP contribution in [0.5, 0.6) is 11.5 Å². The fourth-order valence-electron chi connectivity index (χ4n) is 7.18. The fraction of sp³-hybridized carbons (Fsp3) is 0.271. The maximum Gasteiger partial charge on any atom is 0.269 e. The summed E-state index contributed by atoms with van der Waals surface area (Å²) in [6, 6.07) is 38.6. The van der Waals surface area contributed by atoms with Crippen molar-refractivity contribution in [2.75, 3.05) is 0 Å². The fourth-order valence-corrected chi connectivity index (χ4v) is 7.18. The second-order valence-corrected chi connectivity index (χ2v) is 14.9. The molecular formula is C48H47N5OPt-2. The van der Waals surface area contributed by atoms with E-state index in [0.29, 0.717) is 41.5 Å².